The quantitative estimate of drug-likeness (QED) is 0.0562. The minimum absolute atomic E-state index is 0.0171. The van der Waals surface area contributed by atoms with Gasteiger partial charge in [-0.15, -0.1) is 0 Å². The zero-order valence-corrected chi connectivity index (χ0v) is 41.6. The lowest BCUT2D eigenvalue weighted by Crippen LogP contribution is -2.63. The van der Waals surface area contributed by atoms with Crippen LogP contribution in [-0.4, -0.2) is 65.6 Å². The highest BCUT2D eigenvalue weighted by atomic mass is 28.3. The number of carbonyl (C=O) groups is 6. The van der Waals surface area contributed by atoms with E-state index in [0.717, 1.165) is 33.0 Å². The fourth-order valence-corrected chi connectivity index (χ4v) is 12.4. The molecular formula is C55H69N3O8Si. The van der Waals surface area contributed by atoms with Gasteiger partial charge in [-0.2, -0.15) is 0 Å². The minimum Gasteiger partial charge on any atom is -0.508 e. The maximum Gasteiger partial charge on any atom is 0.303 e. The summed E-state index contributed by atoms with van der Waals surface area (Å²) in [5.41, 5.74) is 5.90. The fraction of sp³-hybridized carbons (Fsp3) is 0.418. The first-order chi connectivity index (χ1) is 31.5. The molecule has 0 bridgehead atoms. The lowest BCUT2D eigenvalue weighted by Gasteiger charge is -2.34. The summed E-state index contributed by atoms with van der Waals surface area (Å²) >= 11 is 0. The number of aliphatic carboxylic acids is 1. The van der Waals surface area contributed by atoms with Gasteiger partial charge in [0.05, 0.1) is 18.5 Å². The van der Waals surface area contributed by atoms with Gasteiger partial charge in [0.25, 0.3) is 0 Å². The van der Waals surface area contributed by atoms with Gasteiger partial charge < -0.3 is 26.2 Å². The first-order valence-corrected chi connectivity index (χ1v) is 26.6. The van der Waals surface area contributed by atoms with Gasteiger partial charge in [-0.25, -0.2) is 0 Å². The Bertz CT molecular complexity index is 2600. The lowest BCUT2D eigenvalue weighted by atomic mass is 9.86. The molecule has 0 spiro atoms. The number of carbonyl (C=O) groups excluding carboxylic acids is 5. The molecule has 0 radical (unpaired) electrons. The van der Waals surface area contributed by atoms with Crippen LogP contribution in [0, 0.1) is 36.5 Å². The molecule has 11 nitrogen and oxygen atoms in total. The molecule has 0 saturated carbocycles. The molecule has 4 atom stereocenters. The number of hydrogen-bond donors (Lipinski definition) is 5. The zero-order chi connectivity index (χ0) is 49.3. The van der Waals surface area contributed by atoms with Crippen molar-refractivity contribution in [2.45, 2.75) is 119 Å². The number of anilines is 1. The molecule has 3 amide bonds. The van der Waals surface area contributed by atoms with E-state index in [2.05, 4.69) is 85.0 Å². The Hall–Kier alpha value is -6.14. The summed E-state index contributed by atoms with van der Waals surface area (Å²) in [6.45, 7) is 22.3. The molecule has 4 aromatic rings. The third-order valence-electron chi connectivity index (χ3n) is 12.8. The van der Waals surface area contributed by atoms with Crippen LogP contribution in [-0.2, 0) is 35.2 Å². The molecule has 12 heteroatoms. The first kappa shape index (κ1) is 51.8. The predicted molar refractivity (Wildman–Crippen MR) is 268 cm³/mol. The Labute approximate surface area is 396 Å². The summed E-state index contributed by atoms with van der Waals surface area (Å²) in [5, 5.41) is 32.5. The Kier molecular flexibility index (Phi) is 17.5. The van der Waals surface area contributed by atoms with Crippen molar-refractivity contribution in [2.75, 3.05) is 5.32 Å². The number of aryl methyl sites for hydroxylation is 1. The molecule has 0 fully saturated rings. The van der Waals surface area contributed by atoms with E-state index in [4.69, 9.17) is 5.11 Å². The van der Waals surface area contributed by atoms with Crippen molar-refractivity contribution in [3.63, 3.8) is 0 Å². The number of carboxylic acid groups (broad SMARTS) is 1. The molecule has 1 aliphatic heterocycles. The van der Waals surface area contributed by atoms with E-state index in [1.54, 1.807) is 24.3 Å². The minimum atomic E-state index is -2.35. The van der Waals surface area contributed by atoms with Crippen LogP contribution in [0.2, 0.25) is 13.1 Å². The normalized spacial score (nSPS) is 14.7. The van der Waals surface area contributed by atoms with Crippen LogP contribution in [0.5, 0.6) is 5.75 Å². The van der Waals surface area contributed by atoms with Crippen LogP contribution in [0.1, 0.15) is 102 Å². The fourth-order valence-electron chi connectivity index (χ4n) is 9.26. The van der Waals surface area contributed by atoms with Crippen LogP contribution in [0.25, 0.3) is 12.2 Å². The Morgan fingerprint density at radius 1 is 0.687 bits per heavy atom. The Balaban J connectivity index is 1.42. The van der Waals surface area contributed by atoms with Crippen molar-refractivity contribution in [3.05, 3.63) is 118 Å². The average molecular weight is 928 g/mol. The van der Waals surface area contributed by atoms with Gasteiger partial charge >= 0.3 is 5.97 Å². The SMILES string of the molecule is C=c1ccc2c(c1)[Si](C)(C)c1cc(NC(=O)[C@@H](CC(=O)[C@@H](NC(=O)[C@@H](CC(=O)[C@H](CC(C)C)NC(=O)CCC(=O)O)CC(C)C)C(C)C)Cc3ccc(O)cc3)ccc1C=2c1ccccc1C. The number of aromatic hydroxyl groups is 1. The van der Waals surface area contributed by atoms with Gasteiger partial charge in [-0.1, -0.05) is 122 Å². The van der Waals surface area contributed by atoms with Gasteiger partial charge in [0.1, 0.15) is 13.8 Å². The number of hydrogen-bond acceptors (Lipinski definition) is 7. The van der Waals surface area contributed by atoms with Crippen molar-refractivity contribution in [1.82, 2.24) is 10.6 Å². The smallest absolute Gasteiger partial charge is 0.303 e. The molecular weight excluding hydrogens is 859 g/mol. The molecule has 67 heavy (non-hydrogen) atoms. The first-order valence-electron chi connectivity index (χ1n) is 23.6. The van der Waals surface area contributed by atoms with Crippen LogP contribution < -0.4 is 36.8 Å². The van der Waals surface area contributed by atoms with Crippen LogP contribution in [0.4, 0.5) is 5.69 Å². The van der Waals surface area contributed by atoms with Gasteiger partial charge in [-0.3, -0.25) is 28.8 Å². The second-order valence-corrected chi connectivity index (χ2v) is 24.4. The van der Waals surface area contributed by atoms with Crippen LogP contribution in [0.15, 0.2) is 84.9 Å². The maximum absolute atomic E-state index is 14.6. The number of ketones is 2. The Morgan fingerprint density at radius 2 is 1.34 bits per heavy atom. The molecule has 0 unspecified atom stereocenters. The van der Waals surface area contributed by atoms with E-state index >= 15 is 0 Å². The van der Waals surface area contributed by atoms with Crippen molar-refractivity contribution in [3.8, 4) is 5.75 Å². The number of nitrogens with one attached hydrogen (secondary N) is 3. The number of phenolic OH excluding ortho intramolecular Hbond substituents is 1. The zero-order valence-electron chi connectivity index (χ0n) is 40.6. The highest BCUT2D eigenvalue weighted by Crippen LogP contribution is 2.29. The van der Waals surface area contributed by atoms with E-state index in [0.29, 0.717) is 18.5 Å². The number of fused-ring (bicyclic) bond motifs is 2. The van der Waals surface area contributed by atoms with Crippen LogP contribution >= 0.6 is 0 Å². The van der Waals surface area contributed by atoms with Crippen molar-refractivity contribution >= 4 is 71.5 Å². The van der Waals surface area contributed by atoms with E-state index in [9.17, 15) is 33.9 Å². The number of benzene rings is 4. The average Bonchev–Trinajstić information content (AvgIpc) is 3.25. The Morgan fingerprint density at radius 3 is 1.97 bits per heavy atom. The number of rotatable bonds is 22. The summed E-state index contributed by atoms with van der Waals surface area (Å²) < 4.78 is 0. The third-order valence-corrected chi connectivity index (χ3v) is 16.3. The molecule has 356 valence electrons. The van der Waals surface area contributed by atoms with E-state index < -0.39 is 49.8 Å². The molecule has 1 heterocycles. The highest BCUT2D eigenvalue weighted by molar-refractivity contribution is 7.01. The number of carboxylic acids is 1. The van der Waals surface area contributed by atoms with Gasteiger partial charge in [0.15, 0.2) is 11.6 Å². The summed E-state index contributed by atoms with van der Waals surface area (Å²) in [5.74, 6) is -5.09. The second kappa shape index (κ2) is 22.6. The topological polar surface area (TPSA) is 179 Å². The number of amides is 3. The molecule has 0 aliphatic carbocycles. The van der Waals surface area contributed by atoms with Gasteiger partial charge in [0.2, 0.25) is 17.7 Å². The highest BCUT2D eigenvalue weighted by Gasteiger charge is 2.37. The largest absolute Gasteiger partial charge is 0.508 e. The lowest BCUT2D eigenvalue weighted by molar-refractivity contribution is -0.139. The second-order valence-electron chi connectivity index (χ2n) is 20.1. The van der Waals surface area contributed by atoms with E-state index in [1.165, 1.54) is 15.6 Å². The summed E-state index contributed by atoms with van der Waals surface area (Å²) in [6.07, 6.45) is -0.176. The molecule has 0 aromatic heterocycles. The molecule has 5 N–H and O–H groups in total. The van der Waals surface area contributed by atoms with E-state index in [-0.39, 0.29) is 73.1 Å². The van der Waals surface area contributed by atoms with Crippen molar-refractivity contribution in [2.24, 2.45) is 29.6 Å². The molecule has 5 rings (SSSR count). The summed E-state index contributed by atoms with van der Waals surface area (Å²) in [7, 11) is -2.35. The monoisotopic (exact) mass is 927 g/mol. The van der Waals surface area contributed by atoms with Crippen molar-refractivity contribution in [1.29, 1.82) is 0 Å². The maximum atomic E-state index is 14.6. The van der Waals surface area contributed by atoms with Crippen LogP contribution in [0.3, 0.4) is 0 Å². The predicted octanol–water partition coefficient (Wildman–Crippen LogP) is 6.41. The summed E-state index contributed by atoms with van der Waals surface area (Å²) in [4.78, 5) is 80.8. The van der Waals surface area contributed by atoms with Gasteiger partial charge in [0, 0.05) is 36.8 Å². The van der Waals surface area contributed by atoms with Gasteiger partial charge in [-0.05, 0) is 117 Å². The standard InChI is InChI=1S/C55H69N3O8Si/c1-32(2)25-38(29-46(60)45(26-33(3)4)57-50(62)23-24-51(63)64)55(66)58-53(34(5)6)47(61)30-39(28-37-16-19-41(59)20-17-37)54(65)56-40-18-22-44-49(31-40)67(9,10)48-27-35(7)15-21-43(48)52(44)42-14-12-11-13-36(42)8/h11-22,27,31-34,38-39,45,53,59H,7,23-26,28-30H2,1-6,8-10H3,(H,56,65)(H,57,62)(H,58,66)(H,63,64)/t38-,39-,45+,53+/m1/s1. The molecule has 0 saturated heterocycles. The third kappa shape index (κ3) is 13.5. The molecule has 4 aromatic carbocycles. The van der Waals surface area contributed by atoms with E-state index in [1.807, 2.05) is 59.7 Å². The molecule has 1 aliphatic rings. The van der Waals surface area contributed by atoms with Crippen molar-refractivity contribution < 1.29 is 39.0 Å². The summed E-state index contributed by atoms with van der Waals surface area (Å²) in [6, 6.07) is 25.5. The number of phenols is 1. The number of Topliss-reactive ketones (excluding diaryl/α,β-unsaturated/α-hetero) is 2.